The summed E-state index contributed by atoms with van der Waals surface area (Å²) in [5.41, 5.74) is 1.88. The average Bonchev–Trinajstić information content (AvgIpc) is 3.27. The molecule has 0 radical (unpaired) electrons. The van der Waals surface area contributed by atoms with Crippen molar-refractivity contribution < 1.29 is 8.94 Å². The van der Waals surface area contributed by atoms with Gasteiger partial charge in [0.15, 0.2) is 5.58 Å². The van der Waals surface area contributed by atoms with E-state index in [4.69, 9.17) is 8.94 Å². The smallest absolute Gasteiger partial charge is 0.230 e. The molecular weight excluding hydrogens is 318 g/mol. The monoisotopic (exact) mass is 339 g/mol. The molecule has 0 spiro atoms. The summed E-state index contributed by atoms with van der Waals surface area (Å²) in [7, 11) is 0. The Labute approximate surface area is 145 Å². The molecule has 0 N–H and O–H groups in total. The summed E-state index contributed by atoms with van der Waals surface area (Å²) in [4.78, 5) is 4.80. The number of benzene rings is 1. The highest BCUT2D eigenvalue weighted by Gasteiger charge is 2.29. The Kier molecular flexibility index (Phi) is 3.75. The van der Waals surface area contributed by atoms with Crippen molar-refractivity contribution in [2.75, 3.05) is 26.2 Å². The first-order valence-electron chi connectivity index (χ1n) is 8.95. The highest BCUT2D eigenvalue weighted by molar-refractivity contribution is 5.79. The van der Waals surface area contributed by atoms with Gasteiger partial charge in [-0.25, -0.2) is 0 Å². The van der Waals surface area contributed by atoms with Crippen LogP contribution < -0.4 is 0 Å². The normalized spacial score (nSPS) is 19.7. The zero-order valence-electron chi connectivity index (χ0n) is 14.1. The highest BCUT2D eigenvalue weighted by atomic mass is 16.5. The fraction of sp³-hybridized carbons (Fsp3) is 0.500. The van der Waals surface area contributed by atoms with Crippen LogP contribution in [0.1, 0.15) is 36.2 Å². The molecular formula is C18H21N5O2. The standard InChI is InChI=1S/C18H21N5O2/c1-2-4-16-14(3-1)15(21-25-16)11-22-7-9-23(10-8-22)12-17-19-20-18(24-17)13-5-6-13/h1-4,13H,5-12H2. The summed E-state index contributed by atoms with van der Waals surface area (Å²) in [5.74, 6) is 2.10. The molecule has 7 heteroatoms. The number of hydrogen-bond acceptors (Lipinski definition) is 7. The molecule has 3 aromatic rings. The molecule has 0 bridgehead atoms. The Balaban J connectivity index is 1.17. The number of aromatic nitrogens is 3. The van der Waals surface area contributed by atoms with Crippen molar-refractivity contribution in [1.82, 2.24) is 25.2 Å². The van der Waals surface area contributed by atoms with Crippen LogP contribution in [-0.4, -0.2) is 51.3 Å². The van der Waals surface area contributed by atoms with Crippen LogP contribution in [0, 0.1) is 0 Å². The van der Waals surface area contributed by atoms with E-state index in [2.05, 4.69) is 31.2 Å². The predicted molar refractivity (Wildman–Crippen MR) is 90.8 cm³/mol. The molecule has 130 valence electrons. The maximum absolute atomic E-state index is 5.77. The van der Waals surface area contributed by atoms with Crippen LogP contribution in [-0.2, 0) is 13.1 Å². The Bertz CT molecular complexity index is 861. The second kappa shape index (κ2) is 6.24. The third-order valence-electron chi connectivity index (χ3n) is 5.06. The van der Waals surface area contributed by atoms with E-state index in [9.17, 15) is 0 Å². The third-order valence-corrected chi connectivity index (χ3v) is 5.06. The van der Waals surface area contributed by atoms with Gasteiger partial charge in [0.1, 0.15) is 5.69 Å². The van der Waals surface area contributed by atoms with E-state index >= 15 is 0 Å². The van der Waals surface area contributed by atoms with Crippen molar-refractivity contribution in [2.24, 2.45) is 0 Å². The molecule has 1 aromatic carbocycles. The maximum Gasteiger partial charge on any atom is 0.230 e. The van der Waals surface area contributed by atoms with Gasteiger partial charge in [0.25, 0.3) is 0 Å². The quantitative estimate of drug-likeness (QED) is 0.707. The van der Waals surface area contributed by atoms with Crippen molar-refractivity contribution in [1.29, 1.82) is 0 Å². The number of hydrogen-bond donors (Lipinski definition) is 0. The molecule has 0 amide bonds. The van der Waals surface area contributed by atoms with Gasteiger partial charge in [0, 0.05) is 44.0 Å². The average molecular weight is 339 g/mol. The van der Waals surface area contributed by atoms with Crippen molar-refractivity contribution in [3.8, 4) is 0 Å². The zero-order valence-corrected chi connectivity index (χ0v) is 14.1. The minimum absolute atomic E-state index is 0.524. The van der Waals surface area contributed by atoms with Crippen LogP contribution in [0.25, 0.3) is 11.0 Å². The lowest BCUT2D eigenvalue weighted by atomic mass is 10.2. The molecule has 3 heterocycles. The number of piperazine rings is 1. The van der Waals surface area contributed by atoms with Gasteiger partial charge >= 0.3 is 0 Å². The highest BCUT2D eigenvalue weighted by Crippen LogP contribution is 2.39. The number of fused-ring (bicyclic) bond motifs is 1. The van der Waals surface area contributed by atoms with Crippen LogP contribution in [0.2, 0.25) is 0 Å². The van der Waals surface area contributed by atoms with Gasteiger partial charge in [0.05, 0.1) is 6.54 Å². The molecule has 2 fully saturated rings. The first kappa shape index (κ1) is 15.0. The Morgan fingerprint density at radius 3 is 2.52 bits per heavy atom. The summed E-state index contributed by atoms with van der Waals surface area (Å²) in [6.45, 7) is 5.58. The van der Waals surface area contributed by atoms with Crippen molar-refractivity contribution in [3.05, 3.63) is 41.7 Å². The summed E-state index contributed by atoms with van der Waals surface area (Å²) in [6, 6.07) is 8.04. The molecule has 1 saturated carbocycles. The van der Waals surface area contributed by atoms with Gasteiger partial charge in [-0.1, -0.05) is 17.3 Å². The third kappa shape index (κ3) is 3.17. The lowest BCUT2D eigenvalue weighted by molar-refractivity contribution is 0.112. The summed E-state index contributed by atoms with van der Waals surface area (Å²) in [6.07, 6.45) is 2.38. The molecule has 7 nitrogen and oxygen atoms in total. The van der Waals surface area contributed by atoms with Gasteiger partial charge < -0.3 is 8.94 Å². The van der Waals surface area contributed by atoms with Gasteiger partial charge in [-0.2, -0.15) is 0 Å². The minimum Gasteiger partial charge on any atom is -0.424 e. The molecule has 1 aliphatic heterocycles. The number of para-hydroxylation sites is 1. The van der Waals surface area contributed by atoms with E-state index < -0.39 is 0 Å². The fourth-order valence-corrected chi connectivity index (χ4v) is 3.39. The Hall–Kier alpha value is -2.25. The molecule has 2 aliphatic rings. The lowest BCUT2D eigenvalue weighted by Crippen LogP contribution is -2.45. The van der Waals surface area contributed by atoms with E-state index in [1.807, 2.05) is 18.2 Å². The fourth-order valence-electron chi connectivity index (χ4n) is 3.39. The largest absolute Gasteiger partial charge is 0.424 e. The van der Waals surface area contributed by atoms with E-state index in [0.29, 0.717) is 5.92 Å². The Morgan fingerprint density at radius 1 is 0.960 bits per heavy atom. The molecule has 25 heavy (non-hydrogen) atoms. The van der Waals surface area contributed by atoms with Gasteiger partial charge in [-0.15, -0.1) is 10.2 Å². The molecule has 1 saturated heterocycles. The second-order valence-corrected chi connectivity index (χ2v) is 6.99. The predicted octanol–water partition coefficient (Wildman–Crippen LogP) is 2.41. The van der Waals surface area contributed by atoms with Crippen LogP contribution in [0.3, 0.4) is 0 Å². The van der Waals surface area contributed by atoms with Gasteiger partial charge in [-0.05, 0) is 25.0 Å². The molecule has 0 unspecified atom stereocenters. The van der Waals surface area contributed by atoms with Crippen LogP contribution in [0.15, 0.2) is 33.2 Å². The van der Waals surface area contributed by atoms with E-state index in [1.165, 1.54) is 12.8 Å². The summed E-state index contributed by atoms with van der Waals surface area (Å²) >= 11 is 0. The lowest BCUT2D eigenvalue weighted by Gasteiger charge is -2.33. The maximum atomic E-state index is 5.77. The molecule has 5 rings (SSSR count). The van der Waals surface area contributed by atoms with Gasteiger partial charge in [0.2, 0.25) is 11.8 Å². The van der Waals surface area contributed by atoms with Crippen molar-refractivity contribution in [2.45, 2.75) is 31.8 Å². The van der Waals surface area contributed by atoms with Crippen molar-refractivity contribution in [3.63, 3.8) is 0 Å². The van der Waals surface area contributed by atoms with Crippen LogP contribution in [0.4, 0.5) is 0 Å². The number of rotatable bonds is 5. The van der Waals surface area contributed by atoms with Crippen molar-refractivity contribution >= 4 is 11.0 Å². The molecule has 2 aromatic heterocycles. The first-order valence-corrected chi connectivity index (χ1v) is 8.95. The van der Waals surface area contributed by atoms with Crippen LogP contribution in [0.5, 0.6) is 0 Å². The van der Waals surface area contributed by atoms with Crippen LogP contribution >= 0.6 is 0 Å². The second-order valence-electron chi connectivity index (χ2n) is 6.99. The van der Waals surface area contributed by atoms with E-state index in [-0.39, 0.29) is 0 Å². The SMILES string of the molecule is c1ccc2c(CN3CCN(Cc4nnc(C5CC5)o4)CC3)noc2c1. The molecule has 0 atom stereocenters. The summed E-state index contributed by atoms with van der Waals surface area (Å²) in [5, 5.41) is 13.7. The first-order chi connectivity index (χ1) is 12.3. The van der Waals surface area contributed by atoms with Gasteiger partial charge in [-0.3, -0.25) is 9.80 Å². The Morgan fingerprint density at radius 2 is 1.72 bits per heavy atom. The molecule has 1 aliphatic carbocycles. The van der Waals surface area contributed by atoms with E-state index in [1.54, 1.807) is 0 Å². The topological polar surface area (TPSA) is 71.4 Å². The number of nitrogens with zero attached hydrogens (tertiary/aromatic N) is 5. The van der Waals surface area contributed by atoms with E-state index in [0.717, 1.165) is 67.7 Å². The summed E-state index contributed by atoms with van der Waals surface area (Å²) < 4.78 is 11.2. The minimum atomic E-state index is 0.524. The zero-order chi connectivity index (χ0) is 16.6.